The van der Waals surface area contributed by atoms with E-state index in [-0.39, 0.29) is 5.92 Å². The average Bonchev–Trinajstić information content (AvgIpc) is 2.68. The van der Waals surface area contributed by atoms with Gasteiger partial charge < -0.3 is 0 Å². The third-order valence-electron chi connectivity index (χ3n) is 2.57. The van der Waals surface area contributed by atoms with Crippen LogP contribution in [0.25, 0.3) is 10.2 Å². The predicted octanol–water partition coefficient (Wildman–Crippen LogP) is 3.45. The van der Waals surface area contributed by atoms with Crippen LogP contribution in [0.1, 0.15) is 25.3 Å². The number of benzene rings is 1. The minimum absolute atomic E-state index is 0.134. The highest BCUT2D eigenvalue weighted by atomic mass is 32.1. The van der Waals surface area contributed by atoms with Gasteiger partial charge >= 0.3 is 0 Å². The Morgan fingerprint density at radius 3 is 2.81 bits per heavy atom. The monoisotopic (exact) mass is 233 g/mol. The molecule has 1 heterocycles. The summed E-state index contributed by atoms with van der Waals surface area (Å²) in [5.74, 6) is 0.452. The molecular weight excluding hydrogens is 218 g/mol. The van der Waals surface area contributed by atoms with Gasteiger partial charge in [-0.05, 0) is 12.1 Å². The Bertz CT molecular complexity index is 468. The molecule has 0 spiro atoms. The van der Waals surface area contributed by atoms with Gasteiger partial charge in [-0.1, -0.05) is 26.0 Å². The molecule has 16 heavy (non-hydrogen) atoms. The van der Waals surface area contributed by atoms with Crippen molar-refractivity contribution in [3.8, 4) is 0 Å². The predicted molar refractivity (Wildman–Crippen MR) is 67.8 cm³/mol. The second-order valence-electron chi connectivity index (χ2n) is 4.20. The van der Waals surface area contributed by atoms with E-state index in [0.717, 1.165) is 16.9 Å². The molecule has 0 atom stereocenters. The van der Waals surface area contributed by atoms with Crippen LogP contribution in [0.4, 0.5) is 0 Å². The van der Waals surface area contributed by atoms with Gasteiger partial charge in [0.2, 0.25) is 0 Å². The van der Waals surface area contributed by atoms with Gasteiger partial charge in [-0.25, -0.2) is 4.98 Å². The van der Waals surface area contributed by atoms with Crippen molar-refractivity contribution in [2.75, 3.05) is 0 Å². The summed E-state index contributed by atoms with van der Waals surface area (Å²) >= 11 is 1.69. The molecule has 1 aromatic heterocycles. The number of nitrogens with zero attached hydrogens (tertiary/aromatic N) is 1. The fourth-order valence-corrected chi connectivity index (χ4v) is 2.51. The van der Waals surface area contributed by atoms with Crippen molar-refractivity contribution in [3.63, 3.8) is 0 Å². The molecule has 3 heteroatoms. The van der Waals surface area contributed by atoms with Crippen LogP contribution in [0, 0.1) is 5.92 Å². The second-order valence-corrected chi connectivity index (χ2v) is 5.31. The van der Waals surface area contributed by atoms with E-state index in [1.807, 2.05) is 32.0 Å². The Hall–Kier alpha value is -1.22. The maximum Gasteiger partial charge on any atom is 0.135 e. The second kappa shape index (κ2) is 4.74. The quantitative estimate of drug-likeness (QED) is 0.809. The van der Waals surface area contributed by atoms with Crippen molar-refractivity contribution in [1.29, 1.82) is 0 Å². The lowest BCUT2D eigenvalue weighted by molar-refractivity contribution is -0.121. The van der Waals surface area contributed by atoms with E-state index in [4.69, 9.17) is 0 Å². The van der Waals surface area contributed by atoms with Gasteiger partial charge in [0.1, 0.15) is 5.78 Å². The van der Waals surface area contributed by atoms with Crippen molar-refractivity contribution in [2.24, 2.45) is 5.92 Å². The molecular formula is C13H15NOS. The highest BCUT2D eigenvalue weighted by Gasteiger charge is 2.09. The Labute approximate surface area is 99.3 Å². The summed E-state index contributed by atoms with van der Waals surface area (Å²) in [6.45, 7) is 3.89. The molecule has 0 bridgehead atoms. The normalized spacial score (nSPS) is 11.2. The van der Waals surface area contributed by atoms with Crippen molar-refractivity contribution < 1.29 is 4.79 Å². The van der Waals surface area contributed by atoms with E-state index in [9.17, 15) is 4.79 Å². The summed E-state index contributed by atoms with van der Waals surface area (Å²) in [5, 5.41) is 1.07. The van der Waals surface area contributed by atoms with Crippen LogP contribution >= 0.6 is 11.3 Å². The Balaban J connectivity index is 2.07. The van der Waals surface area contributed by atoms with Gasteiger partial charge in [0, 0.05) is 18.8 Å². The number of para-hydroxylation sites is 1. The first-order valence-corrected chi connectivity index (χ1v) is 6.35. The molecule has 2 nitrogen and oxygen atoms in total. The van der Waals surface area contributed by atoms with E-state index in [1.165, 1.54) is 4.70 Å². The molecule has 0 amide bonds. The fourth-order valence-electron chi connectivity index (χ4n) is 1.55. The number of fused-ring (bicyclic) bond motifs is 1. The van der Waals surface area contributed by atoms with E-state index < -0.39 is 0 Å². The Kier molecular flexibility index (Phi) is 3.34. The molecule has 0 N–H and O–H groups in total. The van der Waals surface area contributed by atoms with Crippen LogP contribution in [-0.2, 0) is 11.2 Å². The number of rotatable bonds is 4. The molecule has 1 aromatic carbocycles. The number of aromatic nitrogens is 1. The van der Waals surface area contributed by atoms with E-state index in [2.05, 4.69) is 11.1 Å². The number of Topliss-reactive ketones (excluding diaryl/α,β-unsaturated/α-hetero) is 1. The standard InChI is InChI=1S/C13H15NOS/c1-9(2)11(15)7-8-13-14-10-5-3-4-6-12(10)16-13/h3-6,9H,7-8H2,1-2H3. The first-order valence-electron chi connectivity index (χ1n) is 5.54. The van der Waals surface area contributed by atoms with Crippen molar-refractivity contribution in [1.82, 2.24) is 4.98 Å². The lowest BCUT2D eigenvalue weighted by Gasteiger charge is -2.00. The highest BCUT2D eigenvalue weighted by Crippen LogP contribution is 2.22. The summed E-state index contributed by atoms with van der Waals surface area (Å²) in [6, 6.07) is 8.09. The summed E-state index contributed by atoms with van der Waals surface area (Å²) in [6.07, 6.45) is 1.38. The molecule has 2 rings (SSSR count). The number of ketones is 1. The average molecular weight is 233 g/mol. The SMILES string of the molecule is CC(C)C(=O)CCc1nc2ccccc2s1. The number of aryl methyl sites for hydroxylation is 1. The molecule has 0 aliphatic heterocycles. The highest BCUT2D eigenvalue weighted by molar-refractivity contribution is 7.18. The van der Waals surface area contributed by atoms with Gasteiger partial charge in [0.25, 0.3) is 0 Å². The third-order valence-corrected chi connectivity index (χ3v) is 3.66. The first-order chi connectivity index (χ1) is 7.66. The van der Waals surface area contributed by atoms with Crippen LogP contribution < -0.4 is 0 Å². The lowest BCUT2D eigenvalue weighted by Crippen LogP contribution is -2.07. The summed E-state index contributed by atoms with van der Waals surface area (Å²) in [4.78, 5) is 16.0. The van der Waals surface area contributed by atoms with Crippen LogP contribution in [-0.4, -0.2) is 10.8 Å². The van der Waals surface area contributed by atoms with Crippen molar-refractivity contribution in [3.05, 3.63) is 29.3 Å². The third kappa shape index (κ3) is 2.47. The van der Waals surface area contributed by atoms with Crippen LogP contribution in [0.5, 0.6) is 0 Å². The molecule has 0 saturated carbocycles. The van der Waals surface area contributed by atoms with E-state index in [1.54, 1.807) is 11.3 Å². The minimum Gasteiger partial charge on any atom is -0.299 e. The van der Waals surface area contributed by atoms with Gasteiger partial charge in [0.15, 0.2) is 0 Å². The summed E-state index contributed by atoms with van der Waals surface area (Å²) in [7, 11) is 0. The van der Waals surface area contributed by atoms with E-state index in [0.29, 0.717) is 12.2 Å². The number of carbonyl (C=O) groups excluding carboxylic acids is 1. The smallest absolute Gasteiger partial charge is 0.135 e. The summed E-state index contributed by atoms with van der Waals surface area (Å²) in [5.41, 5.74) is 1.04. The number of hydrogen-bond acceptors (Lipinski definition) is 3. The van der Waals surface area contributed by atoms with Gasteiger partial charge in [0.05, 0.1) is 15.2 Å². The molecule has 0 radical (unpaired) electrons. The molecule has 0 aliphatic carbocycles. The Morgan fingerprint density at radius 2 is 2.12 bits per heavy atom. The largest absolute Gasteiger partial charge is 0.299 e. The lowest BCUT2D eigenvalue weighted by atomic mass is 10.1. The van der Waals surface area contributed by atoms with Crippen molar-refractivity contribution in [2.45, 2.75) is 26.7 Å². The molecule has 0 unspecified atom stereocenters. The minimum atomic E-state index is 0.134. The molecule has 2 aromatic rings. The van der Waals surface area contributed by atoms with Crippen molar-refractivity contribution >= 4 is 27.3 Å². The number of carbonyl (C=O) groups is 1. The molecule has 0 saturated heterocycles. The zero-order valence-corrected chi connectivity index (χ0v) is 10.4. The molecule has 0 fully saturated rings. The van der Waals surface area contributed by atoms with Gasteiger partial charge in [-0.2, -0.15) is 0 Å². The number of thiazole rings is 1. The van der Waals surface area contributed by atoms with Gasteiger partial charge in [-0.15, -0.1) is 11.3 Å². The van der Waals surface area contributed by atoms with Crippen LogP contribution in [0.15, 0.2) is 24.3 Å². The number of hydrogen-bond donors (Lipinski definition) is 0. The zero-order valence-electron chi connectivity index (χ0n) is 9.56. The summed E-state index contributed by atoms with van der Waals surface area (Å²) < 4.78 is 1.20. The van der Waals surface area contributed by atoms with E-state index >= 15 is 0 Å². The van der Waals surface area contributed by atoms with Gasteiger partial charge in [-0.3, -0.25) is 4.79 Å². The molecule has 0 aliphatic rings. The topological polar surface area (TPSA) is 30.0 Å². The molecule has 84 valence electrons. The Morgan fingerprint density at radius 1 is 1.38 bits per heavy atom. The maximum absolute atomic E-state index is 11.5. The van der Waals surface area contributed by atoms with Crippen LogP contribution in [0.2, 0.25) is 0 Å². The zero-order chi connectivity index (χ0) is 11.5. The maximum atomic E-state index is 11.5. The fraction of sp³-hybridized carbons (Fsp3) is 0.385. The first kappa shape index (κ1) is 11.3. The van der Waals surface area contributed by atoms with Crippen LogP contribution in [0.3, 0.4) is 0 Å².